The van der Waals surface area contributed by atoms with Gasteiger partial charge in [-0.15, -0.1) is 0 Å². The van der Waals surface area contributed by atoms with Crippen LogP contribution in [0.2, 0.25) is 0 Å². The summed E-state index contributed by atoms with van der Waals surface area (Å²) in [4.78, 5) is 38.2. The van der Waals surface area contributed by atoms with Crippen molar-refractivity contribution in [1.82, 2.24) is 9.97 Å². The predicted octanol–water partition coefficient (Wildman–Crippen LogP) is 7.44. The lowest BCUT2D eigenvalue weighted by atomic mass is 9.67. The topological polar surface area (TPSA) is 210 Å². The minimum absolute atomic E-state index is 0.00674. The number of aryl methyl sites for hydroxylation is 1. The number of carbonyl (C=O) groups excluding carboxylic acids is 1. The van der Waals surface area contributed by atoms with Crippen LogP contribution in [0.1, 0.15) is 122 Å². The number of pyridine rings is 2. The van der Waals surface area contributed by atoms with Crippen molar-refractivity contribution in [2.75, 3.05) is 24.2 Å². The summed E-state index contributed by atoms with van der Waals surface area (Å²) < 4.78 is 20.7. The second-order valence-corrected chi connectivity index (χ2v) is 17.9. The Morgan fingerprint density at radius 1 is 1.05 bits per heavy atom. The number of hydrogen-bond acceptors (Lipinski definition) is 13. The maximum Gasteiger partial charge on any atom is 0.334 e. The van der Waals surface area contributed by atoms with Gasteiger partial charge in [0, 0.05) is 71.4 Å². The summed E-state index contributed by atoms with van der Waals surface area (Å²) in [6, 6.07) is 12.2. The largest absolute Gasteiger partial charge is 0.508 e. The summed E-state index contributed by atoms with van der Waals surface area (Å²) in [5.74, 6) is -1.76. The van der Waals surface area contributed by atoms with E-state index in [1.165, 1.54) is 0 Å². The highest BCUT2D eigenvalue weighted by atomic mass is 16.6. The minimum atomic E-state index is -1.29. The maximum atomic E-state index is 14.6. The number of benzene rings is 2. The first-order valence-corrected chi connectivity index (χ1v) is 22.3. The number of esters is 1. The number of aromatic nitrogens is 2. The molecule has 330 valence electrons. The predicted molar refractivity (Wildman–Crippen MR) is 238 cm³/mol. The quantitative estimate of drug-likeness (QED) is 0.0630. The third-order valence-electron chi connectivity index (χ3n) is 14.4. The molecule has 1 saturated carbocycles. The van der Waals surface area contributed by atoms with Crippen LogP contribution in [-0.4, -0.2) is 61.2 Å². The second kappa shape index (κ2) is 17.0. The number of nitrogens with one attached hydrogen (secondary N) is 1. The Balaban J connectivity index is 1.37. The Morgan fingerprint density at radius 2 is 1.86 bits per heavy atom. The monoisotopic (exact) mass is 856 g/mol. The van der Waals surface area contributed by atoms with E-state index < -0.39 is 48.2 Å². The Labute approximate surface area is 366 Å². The van der Waals surface area contributed by atoms with Crippen LogP contribution in [-0.2, 0) is 35.4 Å². The number of nitrogens with zero attached hydrogens (tertiary/aromatic N) is 2. The Kier molecular flexibility index (Phi) is 11.4. The molecule has 0 radical (unpaired) electrons. The maximum absolute atomic E-state index is 14.6. The zero-order valence-electron chi connectivity index (χ0n) is 36.0. The highest BCUT2D eigenvalue weighted by Crippen LogP contribution is 2.58. The molecule has 13 nitrogen and oxygen atoms in total. The van der Waals surface area contributed by atoms with Crippen LogP contribution >= 0.6 is 0 Å². The molecule has 4 bridgehead atoms. The molecule has 3 aromatic heterocycles. The van der Waals surface area contributed by atoms with Crippen LogP contribution in [0.15, 0.2) is 75.7 Å². The average molecular weight is 857 g/mol. The molecule has 2 aromatic carbocycles. The van der Waals surface area contributed by atoms with Crippen molar-refractivity contribution in [2.45, 2.75) is 115 Å². The highest BCUT2D eigenvalue weighted by Gasteiger charge is 2.54. The number of phenolic OH excluding ortho intramolecular Hbond substituents is 2. The van der Waals surface area contributed by atoms with E-state index in [0.717, 1.165) is 59.8 Å². The number of allylic oxidation sites excluding steroid dienone is 1. The molecule has 7 N–H and O–H groups in total. The molecule has 0 saturated heterocycles. The molecular weight excluding hydrogens is 801 g/mol. The number of aliphatic hydroxyl groups is 2. The van der Waals surface area contributed by atoms with Gasteiger partial charge in [0.05, 0.1) is 6.61 Å². The average Bonchev–Trinajstić information content (AvgIpc) is 3.81. The van der Waals surface area contributed by atoms with Crippen molar-refractivity contribution in [2.24, 2.45) is 11.8 Å². The van der Waals surface area contributed by atoms with Gasteiger partial charge in [-0.25, -0.2) is 14.8 Å². The number of ether oxygens (including phenoxy) is 2. The summed E-state index contributed by atoms with van der Waals surface area (Å²) >= 11 is 0. The van der Waals surface area contributed by atoms with Crippen LogP contribution in [0.4, 0.5) is 11.6 Å². The minimum Gasteiger partial charge on any atom is -0.508 e. The third kappa shape index (κ3) is 7.38. The van der Waals surface area contributed by atoms with Crippen molar-refractivity contribution in [3.63, 3.8) is 0 Å². The van der Waals surface area contributed by atoms with Gasteiger partial charge in [-0.2, -0.15) is 0 Å². The number of phenols is 2. The SMILES string of the molecule is CC=C(C(=O)OC1Cc2c3c(c4oc(CO)cc(=O)c4c2O)C2c4ccnc(N)c4C(CCc4ccc(O)cc4C2CO)CC(Cc2ccc(NCC)nc2)C1(C)O3)C1CCCC1. The van der Waals surface area contributed by atoms with E-state index in [9.17, 15) is 30.0 Å². The molecule has 5 heterocycles. The normalized spacial score (nSPS) is 24.4. The fourth-order valence-corrected chi connectivity index (χ4v) is 11.3. The molecule has 4 aliphatic rings. The van der Waals surface area contributed by atoms with E-state index in [-0.39, 0.29) is 63.7 Å². The van der Waals surface area contributed by atoms with Crippen LogP contribution in [0.25, 0.3) is 11.0 Å². The molecule has 0 spiro atoms. The van der Waals surface area contributed by atoms with Gasteiger partial charge in [-0.1, -0.05) is 31.1 Å². The summed E-state index contributed by atoms with van der Waals surface area (Å²) in [5, 5.41) is 48.6. The van der Waals surface area contributed by atoms with Crippen molar-refractivity contribution in [3.8, 4) is 17.2 Å². The Bertz CT molecular complexity index is 2650. The van der Waals surface area contributed by atoms with E-state index in [2.05, 4.69) is 10.3 Å². The highest BCUT2D eigenvalue weighted by molar-refractivity contribution is 5.92. The molecule has 6 atom stereocenters. The van der Waals surface area contributed by atoms with Crippen LogP contribution in [0, 0.1) is 11.8 Å². The molecule has 5 aromatic rings. The van der Waals surface area contributed by atoms with E-state index in [1.807, 2.05) is 57.3 Å². The first-order valence-electron chi connectivity index (χ1n) is 22.3. The van der Waals surface area contributed by atoms with Crippen molar-refractivity contribution < 1.29 is 39.1 Å². The summed E-state index contributed by atoms with van der Waals surface area (Å²) in [6.07, 6.45) is 10.3. The Morgan fingerprint density at radius 3 is 2.57 bits per heavy atom. The van der Waals surface area contributed by atoms with Crippen LogP contribution < -0.4 is 21.2 Å². The van der Waals surface area contributed by atoms with E-state index in [1.54, 1.807) is 18.3 Å². The van der Waals surface area contributed by atoms with E-state index in [4.69, 9.17) is 24.6 Å². The number of aromatic hydroxyl groups is 2. The molecule has 2 aliphatic heterocycles. The van der Waals surface area contributed by atoms with Gasteiger partial charge in [-0.3, -0.25) is 4.79 Å². The summed E-state index contributed by atoms with van der Waals surface area (Å²) in [5.41, 5.74) is 10.4. The van der Waals surface area contributed by atoms with Crippen molar-refractivity contribution in [3.05, 3.63) is 121 Å². The number of carbonyl (C=O) groups is 1. The number of anilines is 2. The van der Waals surface area contributed by atoms with Crippen molar-refractivity contribution in [1.29, 1.82) is 0 Å². The fourth-order valence-electron chi connectivity index (χ4n) is 11.3. The molecular formula is C50H56N4O9. The van der Waals surface area contributed by atoms with E-state index in [0.29, 0.717) is 54.7 Å². The molecule has 2 aliphatic carbocycles. The fraction of sp³-hybridized carbons (Fsp3) is 0.440. The molecule has 9 rings (SSSR count). The first kappa shape index (κ1) is 42.4. The number of hydrogen-bond donors (Lipinski definition) is 6. The van der Waals surface area contributed by atoms with E-state index >= 15 is 0 Å². The summed E-state index contributed by atoms with van der Waals surface area (Å²) in [7, 11) is 0. The standard InChI is InChI=1S/C50H56N4O9/c1-4-33(27-8-6-7-9-27)49(60)62-39-22-36-45(59)43-38(58)21-32(24-55)61-47(43)44-42-34-16-17-53-48(51)41(34)29(12-11-28-13-14-31(57)20-35(28)37(42)25-56)19-30(50(39,3)63-46(36)44)18-26-10-15-40(52-5-2)54-23-26/h4,10,13-17,20-21,23,27,29-30,37,39,42,55-57,59H,5-9,11-12,18-19,22,24-25H2,1-3H3,(H2,51,53)(H,52,54). The summed E-state index contributed by atoms with van der Waals surface area (Å²) in [6.45, 7) is 5.54. The van der Waals surface area contributed by atoms with Gasteiger partial charge in [0.1, 0.15) is 63.9 Å². The number of nitrogen functional groups attached to an aromatic ring is 1. The molecule has 6 unspecified atom stereocenters. The number of nitrogens with two attached hydrogens (primary N) is 1. The lowest BCUT2D eigenvalue weighted by Gasteiger charge is -2.49. The molecule has 0 amide bonds. The van der Waals surface area contributed by atoms with Crippen LogP contribution in [0.5, 0.6) is 17.2 Å². The second-order valence-electron chi connectivity index (χ2n) is 17.9. The number of aliphatic hydroxyl groups excluding tert-OH is 2. The lowest BCUT2D eigenvalue weighted by molar-refractivity contribution is -0.166. The number of rotatable bonds is 9. The van der Waals surface area contributed by atoms with Gasteiger partial charge in [0.15, 0.2) is 5.43 Å². The third-order valence-corrected chi connectivity index (χ3v) is 14.4. The smallest absolute Gasteiger partial charge is 0.334 e. The molecule has 1 fully saturated rings. The van der Waals surface area contributed by atoms with Gasteiger partial charge >= 0.3 is 5.97 Å². The van der Waals surface area contributed by atoms with Crippen molar-refractivity contribution >= 4 is 28.6 Å². The van der Waals surface area contributed by atoms with Gasteiger partial charge in [0.2, 0.25) is 0 Å². The molecule has 63 heavy (non-hydrogen) atoms. The first-order chi connectivity index (χ1) is 30.5. The van der Waals surface area contributed by atoms with Gasteiger partial charge < -0.3 is 45.4 Å². The van der Waals surface area contributed by atoms with Crippen LogP contribution in [0.3, 0.4) is 0 Å². The van der Waals surface area contributed by atoms with Gasteiger partial charge in [-0.05, 0) is 118 Å². The molecule has 13 heteroatoms. The zero-order valence-corrected chi connectivity index (χ0v) is 36.0. The van der Waals surface area contributed by atoms with Gasteiger partial charge in [0.25, 0.3) is 0 Å². The lowest BCUT2D eigenvalue weighted by Crippen LogP contribution is -2.57. The zero-order chi connectivity index (χ0) is 44.2. The Hall–Kier alpha value is -5.92. The number of fused-ring (bicyclic) bond motifs is 5.